The Kier molecular flexibility index (Phi) is 5.21. The Morgan fingerprint density at radius 1 is 1.04 bits per heavy atom. The van der Waals surface area contributed by atoms with E-state index in [2.05, 4.69) is 0 Å². The van der Waals surface area contributed by atoms with E-state index in [-0.39, 0.29) is 11.8 Å². The Labute approximate surface area is 150 Å². The van der Waals surface area contributed by atoms with Crippen LogP contribution in [0.25, 0.3) is 0 Å². The quantitative estimate of drug-likeness (QED) is 0.841. The molecule has 2 heterocycles. The van der Waals surface area contributed by atoms with E-state index in [0.29, 0.717) is 41.8 Å². The van der Waals surface area contributed by atoms with Crippen LogP contribution in [-0.2, 0) is 11.2 Å². The van der Waals surface area contributed by atoms with Crippen molar-refractivity contribution in [1.29, 1.82) is 0 Å². The lowest BCUT2D eigenvalue weighted by atomic mass is 10.1. The van der Waals surface area contributed by atoms with Gasteiger partial charge >= 0.3 is 0 Å². The van der Waals surface area contributed by atoms with Gasteiger partial charge in [-0.1, -0.05) is 35.9 Å². The lowest BCUT2D eigenvalue weighted by molar-refractivity contribution is -0.131. The van der Waals surface area contributed by atoms with E-state index in [0.717, 1.165) is 11.1 Å². The number of halogens is 1. The highest BCUT2D eigenvalue weighted by Gasteiger charge is 2.25. The van der Waals surface area contributed by atoms with Crippen LogP contribution in [0.15, 0.2) is 36.4 Å². The average molecular weight is 363 g/mol. The predicted octanol–water partition coefficient (Wildman–Crippen LogP) is 3.24. The molecule has 0 N–H and O–H groups in total. The number of benzene rings is 1. The Morgan fingerprint density at radius 3 is 2.33 bits per heavy atom. The molecule has 0 saturated carbocycles. The summed E-state index contributed by atoms with van der Waals surface area (Å²) in [4.78, 5) is 29.2. The van der Waals surface area contributed by atoms with Crippen molar-refractivity contribution in [3.63, 3.8) is 0 Å². The molecular formula is C18H19ClN2O2S. The number of aryl methyl sites for hydroxylation is 1. The van der Waals surface area contributed by atoms with Crippen LogP contribution in [0.2, 0.25) is 4.34 Å². The SMILES string of the molecule is Cc1ccccc1CC(=O)N1CCN(C(=O)c2ccc(Cl)s2)CC1. The van der Waals surface area contributed by atoms with Crippen LogP contribution in [0, 0.1) is 6.92 Å². The number of hydrogen-bond donors (Lipinski definition) is 0. The van der Waals surface area contributed by atoms with Crippen LogP contribution in [-0.4, -0.2) is 47.8 Å². The summed E-state index contributed by atoms with van der Waals surface area (Å²) in [6.45, 7) is 4.30. The van der Waals surface area contributed by atoms with Gasteiger partial charge in [0.25, 0.3) is 5.91 Å². The highest BCUT2D eigenvalue weighted by molar-refractivity contribution is 7.17. The molecule has 1 saturated heterocycles. The molecule has 0 spiro atoms. The third kappa shape index (κ3) is 3.79. The van der Waals surface area contributed by atoms with Gasteiger partial charge in [0.2, 0.25) is 5.91 Å². The zero-order valence-corrected chi connectivity index (χ0v) is 15.1. The zero-order chi connectivity index (χ0) is 17.1. The molecule has 0 unspecified atom stereocenters. The molecule has 0 aliphatic carbocycles. The summed E-state index contributed by atoms with van der Waals surface area (Å²) in [7, 11) is 0. The topological polar surface area (TPSA) is 40.6 Å². The average Bonchev–Trinajstić information content (AvgIpc) is 3.03. The van der Waals surface area contributed by atoms with E-state index in [4.69, 9.17) is 11.6 Å². The van der Waals surface area contributed by atoms with Crippen molar-refractivity contribution >= 4 is 34.8 Å². The van der Waals surface area contributed by atoms with Gasteiger partial charge in [-0.2, -0.15) is 0 Å². The smallest absolute Gasteiger partial charge is 0.264 e. The molecule has 2 amide bonds. The molecular weight excluding hydrogens is 344 g/mol. The fourth-order valence-corrected chi connectivity index (χ4v) is 3.84. The van der Waals surface area contributed by atoms with Gasteiger partial charge in [0.1, 0.15) is 0 Å². The second-order valence-corrected chi connectivity index (χ2v) is 7.60. The van der Waals surface area contributed by atoms with Gasteiger partial charge in [-0.05, 0) is 30.2 Å². The minimum absolute atomic E-state index is 0.00194. The Balaban J connectivity index is 1.56. The van der Waals surface area contributed by atoms with E-state index in [9.17, 15) is 9.59 Å². The largest absolute Gasteiger partial charge is 0.339 e. The maximum Gasteiger partial charge on any atom is 0.264 e. The highest BCUT2D eigenvalue weighted by atomic mass is 35.5. The summed E-state index contributed by atoms with van der Waals surface area (Å²) < 4.78 is 0.616. The summed E-state index contributed by atoms with van der Waals surface area (Å²) in [5, 5.41) is 0. The third-order valence-electron chi connectivity index (χ3n) is 4.31. The molecule has 3 rings (SSSR count). The van der Waals surface area contributed by atoms with E-state index < -0.39 is 0 Å². The molecule has 0 bridgehead atoms. The maximum atomic E-state index is 12.5. The minimum Gasteiger partial charge on any atom is -0.339 e. The Hall–Kier alpha value is -1.85. The number of rotatable bonds is 3. The molecule has 1 aliphatic rings. The van der Waals surface area contributed by atoms with Gasteiger partial charge in [0.15, 0.2) is 0 Å². The fourth-order valence-electron chi connectivity index (χ4n) is 2.83. The van der Waals surface area contributed by atoms with Crippen molar-refractivity contribution in [1.82, 2.24) is 9.80 Å². The van der Waals surface area contributed by atoms with E-state index in [1.54, 1.807) is 17.0 Å². The summed E-state index contributed by atoms with van der Waals surface area (Å²) in [6.07, 6.45) is 0.418. The van der Waals surface area contributed by atoms with Crippen molar-refractivity contribution < 1.29 is 9.59 Å². The van der Waals surface area contributed by atoms with Crippen LogP contribution >= 0.6 is 22.9 Å². The normalized spacial score (nSPS) is 14.8. The molecule has 1 aromatic carbocycles. The second-order valence-electron chi connectivity index (χ2n) is 5.88. The molecule has 0 atom stereocenters. The van der Waals surface area contributed by atoms with Gasteiger partial charge in [0, 0.05) is 26.2 Å². The molecule has 1 fully saturated rings. The van der Waals surface area contributed by atoms with Gasteiger partial charge < -0.3 is 9.80 Å². The zero-order valence-electron chi connectivity index (χ0n) is 13.5. The Morgan fingerprint density at radius 2 is 1.71 bits per heavy atom. The van der Waals surface area contributed by atoms with Gasteiger partial charge in [-0.15, -0.1) is 11.3 Å². The number of carbonyl (C=O) groups excluding carboxylic acids is 2. The van der Waals surface area contributed by atoms with Gasteiger partial charge in [0.05, 0.1) is 15.6 Å². The van der Waals surface area contributed by atoms with Crippen LogP contribution in [0.1, 0.15) is 20.8 Å². The minimum atomic E-state index is -0.00194. The lowest BCUT2D eigenvalue weighted by Gasteiger charge is -2.34. The van der Waals surface area contributed by atoms with E-state index in [1.807, 2.05) is 36.1 Å². The summed E-state index contributed by atoms with van der Waals surface area (Å²) in [6, 6.07) is 11.4. The predicted molar refractivity (Wildman–Crippen MR) is 96.7 cm³/mol. The van der Waals surface area contributed by atoms with Crippen LogP contribution in [0.3, 0.4) is 0 Å². The van der Waals surface area contributed by atoms with Crippen LogP contribution in [0.5, 0.6) is 0 Å². The molecule has 6 heteroatoms. The number of hydrogen-bond acceptors (Lipinski definition) is 3. The van der Waals surface area contributed by atoms with Gasteiger partial charge in [-0.25, -0.2) is 0 Å². The first-order valence-electron chi connectivity index (χ1n) is 7.91. The van der Waals surface area contributed by atoms with Crippen LogP contribution < -0.4 is 0 Å². The molecule has 126 valence electrons. The number of piperazine rings is 1. The second kappa shape index (κ2) is 7.36. The number of amides is 2. The molecule has 1 aromatic heterocycles. The van der Waals surface area contributed by atoms with Crippen molar-refractivity contribution in [2.24, 2.45) is 0 Å². The summed E-state index contributed by atoms with van der Waals surface area (Å²) in [5.74, 6) is 0.119. The fraction of sp³-hybridized carbons (Fsp3) is 0.333. The molecule has 2 aromatic rings. The van der Waals surface area contributed by atoms with Crippen LogP contribution in [0.4, 0.5) is 0 Å². The monoisotopic (exact) mass is 362 g/mol. The first-order valence-corrected chi connectivity index (χ1v) is 9.11. The Bertz CT molecular complexity index is 751. The van der Waals surface area contributed by atoms with E-state index in [1.165, 1.54) is 11.3 Å². The third-order valence-corrected chi connectivity index (χ3v) is 5.53. The molecule has 4 nitrogen and oxygen atoms in total. The first kappa shape index (κ1) is 17.0. The first-order chi connectivity index (χ1) is 11.5. The van der Waals surface area contributed by atoms with E-state index >= 15 is 0 Å². The lowest BCUT2D eigenvalue weighted by Crippen LogP contribution is -2.50. The molecule has 0 radical (unpaired) electrons. The number of thiophene rings is 1. The maximum absolute atomic E-state index is 12.5. The van der Waals surface area contributed by atoms with Gasteiger partial charge in [-0.3, -0.25) is 9.59 Å². The standard InChI is InChI=1S/C18H19ClN2O2S/c1-13-4-2-3-5-14(13)12-17(22)20-8-10-21(11-9-20)18(23)15-6-7-16(19)24-15/h2-7H,8-12H2,1H3. The van der Waals surface area contributed by atoms with Crippen molar-refractivity contribution in [3.8, 4) is 0 Å². The summed E-state index contributed by atoms with van der Waals surface area (Å²) in [5.41, 5.74) is 2.20. The van der Waals surface area contributed by atoms with Crippen molar-refractivity contribution in [2.75, 3.05) is 26.2 Å². The summed E-state index contributed by atoms with van der Waals surface area (Å²) >= 11 is 7.19. The van der Waals surface area contributed by atoms with Crippen molar-refractivity contribution in [3.05, 3.63) is 56.7 Å². The molecule has 24 heavy (non-hydrogen) atoms. The number of carbonyl (C=O) groups is 2. The van der Waals surface area contributed by atoms with Crippen molar-refractivity contribution in [2.45, 2.75) is 13.3 Å². The number of nitrogens with zero attached hydrogens (tertiary/aromatic N) is 2. The molecule has 1 aliphatic heterocycles. The highest BCUT2D eigenvalue weighted by Crippen LogP contribution is 2.23.